The van der Waals surface area contributed by atoms with E-state index < -0.39 is 11.5 Å². The van der Waals surface area contributed by atoms with Crippen molar-refractivity contribution in [3.8, 4) is 0 Å². The lowest BCUT2D eigenvalue weighted by molar-refractivity contribution is -0.145. The molecular weight excluding hydrogens is 274 g/mol. The zero-order valence-electron chi connectivity index (χ0n) is 12.5. The van der Waals surface area contributed by atoms with Crippen LogP contribution < -0.4 is 10.6 Å². The summed E-state index contributed by atoms with van der Waals surface area (Å²) in [6.45, 7) is 4.51. The highest BCUT2D eigenvalue weighted by molar-refractivity contribution is 5.88. The highest BCUT2D eigenvalue weighted by Crippen LogP contribution is 2.28. The van der Waals surface area contributed by atoms with E-state index in [1.807, 2.05) is 0 Å². The van der Waals surface area contributed by atoms with E-state index in [1.165, 1.54) is 0 Å². The number of carboxylic acid groups (broad SMARTS) is 1. The number of piperidine rings is 1. The topological polar surface area (TPSA) is 98.7 Å². The zero-order chi connectivity index (χ0) is 15.6. The summed E-state index contributed by atoms with van der Waals surface area (Å²) in [6, 6.07) is -0.543. The number of urea groups is 1. The zero-order valence-corrected chi connectivity index (χ0v) is 12.5. The molecule has 0 aromatic rings. The van der Waals surface area contributed by atoms with E-state index in [1.54, 1.807) is 18.7 Å². The van der Waals surface area contributed by atoms with Crippen LogP contribution in [0.1, 0.15) is 39.5 Å². The molecule has 2 aliphatic heterocycles. The van der Waals surface area contributed by atoms with E-state index in [0.717, 1.165) is 12.8 Å². The number of amides is 3. The van der Waals surface area contributed by atoms with Crippen LogP contribution in [-0.2, 0) is 9.59 Å². The average molecular weight is 297 g/mol. The Morgan fingerprint density at radius 3 is 2.67 bits per heavy atom. The average Bonchev–Trinajstić information content (AvgIpc) is 2.86. The highest BCUT2D eigenvalue weighted by atomic mass is 16.4. The summed E-state index contributed by atoms with van der Waals surface area (Å²) >= 11 is 0. The van der Waals surface area contributed by atoms with Gasteiger partial charge in [-0.1, -0.05) is 13.8 Å². The van der Waals surface area contributed by atoms with Gasteiger partial charge in [0, 0.05) is 13.1 Å². The lowest BCUT2D eigenvalue weighted by atomic mass is 9.91. The van der Waals surface area contributed by atoms with Crippen molar-refractivity contribution in [3.63, 3.8) is 0 Å². The fraction of sp³-hybridized carbons (Fsp3) is 0.786. The molecule has 2 unspecified atom stereocenters. The molecule has 0 spiro atoms. The molecule has 0 aliphatic carbocycles. The number of hydrogen-bond acceptors (Lipinski definition) is 3. The molecule has 0 saturated carbocycles. The normalized spacial score (nSPS) is 25.2. The third kappa shape index (κ3) is 2.69. The number of aliphatic carboxylic acids is 1. The lowest BCUT2D eigenvalue weighted by Crippen LogP contribution is -2.60. The summed E-state index contributed by atoms with van der Waals surface area (Å²) in [5.41, 5.74) is -1.24. The van der Waals surface area contributed by atoms with Crippen LogP contribution in [-0.4, -0.2) is 52.6 Å². The van der Waals surface area contributed by atoms with E-state index in [9.17, 15) is 19.5 Å². The Hall–Kier alpha value is -1.79. The summed E-state index contributed by atoms with van der Waals surface area (Å²) in [4.78, 5) is 37.3. The maximum atomic E-state index is 12.5. The summed E-state index contributed by atoms with van der Waals surface area (Å²) in [5.74, 6) is -1.19. The van der Waals surface area contributed by atoms with Crippen LogP contribution in [0.5, 0.6) is 0 Å². The Morgan fingerprint density at radius 1 is 1.43 bits per heavy atom. The molecule has 0 aromatic carbocycles. The van der Waals surface area contributed by atoms with Crippen LogP contribution in [0.2, 0.25) is 0 Å². The van der Waals surface area contributed by atoms with Crippen molar-refractivity contribution in [3.05, 3.63) is 0 Å². The highest BCUT2D eigenvalue weighted by Gasteiger charge is 2.45. The molecule has 3 N–H and O–H groups in total. The number of fused-ring (bicyclic) bond motifs is 1. The Bertz CT molecular complexity index is 448. The van der Waals surface area contributed by atoms with Gasteiger partial charge in [0.2, 0.25) is 5.91 Å². The third-order valence-electron chi connectivity index (χ3n) is 4.82. The van der Waals surface area contributed by atoms with Gasteiger partial charge < -0.3 is 20.6 Å². The maximum Gasteiger partial charge on any atom is 0.329 e. The summed E-state index contributed by atoms with van der Waals surface area (Å²) in [6.07, 6.45) is 2.19. The van der Waals surface area contributed by atoms with Gasteiger partial charge in [-0.15, -0.1) is 0 Å². The molecule has 7 heteroatoms. The van der Waals surface area contributed by atoms with Crippen molar-refractivity contribution >= 4 is 17.9 Å². The van der Waals surface area contributed by atoms with Crippen molar-refractivity contribution in [1.82, 2.24) is 15.5 Å². The van der Waals surface area contributed by atoms with Gasteiger partial charge in [0.1, 0.15) is 5.54 Å². The number of carbonyl (C=O) groups is 3. The Balaban J connectivity index is 2.12. The van der Waals surface area contributed by atoms with Crippen LogP contribution in [0, 0.1) is 5.92 Å². The van der Waals surface area contributed by atoms with Crippen LogP contribution in [0.25, 0.3) is 0 Å². The van der Waals surface area contributed by atoms with Crippen molar-refractivity contribution in [2.75, 3.05) is 13.1 Å². The second kappa shape index (κ2) is 5.91. The Labute approximate surface area is 124 Å². The van der Waals surface area contributed by atoms with Gasteiger partial charge in [0.25, 0.3) is 0 Å². The van der Waals surface area contributed by atoms with Gasteiger partial charge >= 0.3 is 12.0 Å². The number of carbonyl (C=O) groups excluding carboxylic acids is 2. The first-order valence-corrected chi connectivity index (χ1v) is 7.55. The maximum absolute atomic E-state index is 12.5. The Kier molecular flexibility index (Phi) is 4.39. The van der Waals surface area contributed by atoms with E-state index in [-0.39, 0.29) is 23.9 Å². The molecule has 118 valence electrons. The largest absolute Gasteiger partial charge is 0.480 e. The van der Waals surface area contributed by atoms with Gasteiger partial charge in [0.15, 0.2) is 0 Å². The first-order valence-electron chi connectivity index (χ1n) is 7.55. The molecule has 2 saturated heterocycles. The van der Waals surface area contributed by atoms with Gasteiger partial charge in [-0.25, -0.2) is 9.59 Å². The monoisotopic (exact) mass is 297 g/mol. The quantitative estimate of drug-likeness (QED) is 0.705. The molecule has 21 heavy (non-hydrogen) atoms. The van der Waals surface area contributed by atoms with Crippen molar-refractivity contribution in [1.29, 1.82) is 0 Å². The van der Waals surface area contributed by atoms with Crippen LogP contribution in [0.15, 0.2) is 0 Å². The number of hydrogen-bond donors (Lipinski definition) is 3. The van der Waals surface area contributed by atoms with E-state index in [2.05, 4.69) is 10.6 Å². The standard InChI is InChI=1S/C14H23N3O4/c1-3-14(4-2,12(19)20)16-13(21)17-7-5-6-9-10(17)8-15-11(9)18/h9-10H,3-8H2,1-2H3,(H,15,18)(H,16,21)(H,19,20). The molecule has 3 amide bonds. The van der Waals surface area contributed by atoms with E-state index in [0.29, 0.717) is 25.9 Å². The smallest absolute Gasteiger partial charge is 0.329 e. The fourth-order valence-corrected chi connectivity index (χ4v) is 3.26. The summed E-state index contributed by atoms with van der Waals surface area (Å²) in [5, 5.41) is 14.9. The number of likely N-dealkylation sites (tertiary alicyclic amines) is 1. The lowest BCUT2D eigenvalue weighted by Gasteiger charge is -2.38. The Morgan fingerprint density at radius 2 is 2.10 bits per heavy atom. The number of rotatable bonds is 4. The number of nitrogens with one attached hydrogen (secondary N) is 2. The van der Waals surface area contributed by atoms with Gasteiger partial charge in [-0.3, -0.25) is 4.79 Å². The third-order valence-corrected chi connectivity index (χ3v) is 4.82. The van der Waals surface area contributed by atoms with Crippen LogP contribution >= 0.6 is 0 Å². The second-order valence-corrected chi connectivity index (χ2v) is 5.78. The van der Waals surface area contributed by atoms with Crippen molar-refractivity contribution < 1.29 is 19.5 Å². The molecular formula is C14H23N3O4. The summed E-state index contributed by atoms with van der Waals surface area (Å²) < 4.78 is 0. The molecule has 2 heterocycles. The van der Waals surface area contributed by atoms with Gasteiger partial charge in [0.05, 0.1) is 12.0 Å². The molecule has 0 aromatic heterocycles. The number of carboxylic acids is 1. The molecule has 2 rings (SSSR count). The predicted octanol–water partition coefficient (Wildman–Crippen LogP) is 0.550. The number of nitrogens with zero attached hydrogens (tertiary/aromatic N) is 1. The SMILES string of the molecule is CCC(CC)(NC(=O)N1CCCC2C(=O)NCC21)C(=O)O. The molecule has 7 nitrogen and oxygen atoms in total. The predicted molar refractivity (Wildman–Crippen MR) is 75.7 cm³/mol. The molecule has 2 fully saturated rings. The van der Waals surface area contributed by atoms with Gasteiger partial charge in [-0.2, -0.15) is 0 Å². The van der Waals surface area contributed by atoms with Crippen LogP contribution in [0.4, 0.5) is 4.79 Å². The van der Waals surface area contributed by atoms with E-state index >= 15 is 0 Å². The minimum absolute atomic E-state index is 0.00650. The van der Waals surface area contributed by atoms with Gasteiger partial charge in [-0.05, 0) is 25.7 Å². The van der Waals surface area contributed by atoms with E-state index in [4.69, 9.17) is 0 Å². The molecule has 2 atom stereocenters. The minimum atomic E-state index is -1.24. The molecule has 0 radical (unpaired) electrons. The fourth-order valence-electron chi connectivity index (χ4n) is 3.26. The van der Waals surface area contributed by atoms with Crippen LogP contribution in [0.3, 0.4) is 0 Å². The summed E-state index contributed by atoms with van der Waals surface area (Å²) in [7, 11) is 0. The molecule has 2 aliphatic rings. The molecule has 0 bridgehead atoms. The van der Waals surface area contributed by atoms with Crippen molar-refractivity contribution in [2.24, 2.45) is 5.92 Å². The second-order valence-electron chi connectivity index (χ2n) is 5.78. The van der Waals surface area contributed by atoms with Crippen molar-refractivity contribution in [2.45, 2.75) is 51.1 Å². The minimum Gasteiger partial charge on any atom is -0.480 e. The first-order chi connectivity index (χ1) is 9.95. The first kappa shape index (κ1) is 15.6.